The van der Waals surface area contributed by atoms with Crippen molar-refractivity contribution in [3.05, 3.63) is 54.0 Å². The molecule has 3 aromatic rings. The Labute approximate surface area is 146 Å². The van der Waals surface area contributed by atoms with Gasteiger partial charge in [0.25, 0.3) is 5.89 Å². The second kappa shape index (κ2) is 5.81. The maximum absolute atomic E-state index is 5.51. The predicted molar refractivity (Wildman–Crippen MR) is 92.8 cm³/mol. The van der Waals surface area contributed by atoms with Crippen LogP contribution in [-0.2, 0) is 7.05 Å². The fraction of sp³-hybridized carbons (Fsp3) is 0.421. The second-order valence-electron chi connectivity index (χ2n) is 7.05. The molecule has 2 aliphatic rings. The summed E-state index contributed by atoms with van der Waals surface area (Å²) >= 11 is 0. The molecule has 0 amide bonds. The Morgan fingerprint density at radius 1 is 1.16 bits per heavy atom. The molecular formula is C19H21N5O. The van der Waals surface area contributed by atoms with Gasteiger partial charge in [-0.2, -0.15) is 10.1 Å². The largest absolute Gasteiger partial charge is 0.332 e. The second-order valence-corrected chi connectivity index (χ2v) is 7.05. The van der Waals surface area contributed by atoms with Crippen LogP contribution in [0, 0.1) is 0 Å². The van der Waals surface area contributed by atoms with E-state index in [-0.39, 0.29) is 0 Å². The van der Waals surface area contributed by atoms with E-state index in [1.165, 1.54) is 18.4 Å². The van der Waals surface area contributed by atoms with Crippen LogP contribution in [0.25, 0.3) is 11.6 Å². The first-order valence-corrected chi connectivity index (χ1v) is 8.94. The van der Waals surface area contributed by atoms with E-state index in [1.54, 1.807) is 4.68 Å². The zero-order chi connectivity index (χ0) is 16.8. The molecule has 0 saturated carbocycles. The third kappa shape index (κ3) is 2.48. The third-order valence-electron chi connectivity index (χ3n) is 5.57. The van der Waals surface area contributed by atoms with Gasteiger partial charge < -0.3 is 4.52 Å². The molecule has 0 unspecified atom stereocenters. The van der Waals surface area contributed by atoms with Gasteiger partial charge >= 0.3 is 0 Å². The van der Waals surface area contributed by atoms with Gasteiger partial charge in [-0.1, -0.05) is 35.5 Å². The fourth-order valence-corrected chi connectivity index (χ4v) is 4.47. The van der Waals surface area contributed by atoms with E-state index in [4.69, 9.17) is 4.52 Å². The molecule has 3 atom stereocenters. The van der Waals surface area contributed by atoms with Gasteiger partial charge in [0.2, 0.25) is 0 Å². The number of fused-ring (bicyclic) bond motifs is 1. The zero-order valence-corrected chi connectivity index (χ0v) is 14.2. The van der Waals surface area contributed by atoms with Gasteiger partial charge in [-0.15, -0.1) is 0 Å². The summed E-state index contributed by atoms with van der Waals surface area (Å²) in [6, 6.07) is 13.7. The van der Waals surface area contributed by atoms with Gasteiger partial charge in [0.15, 0.2) is 11.5 Å². The van der Waals surface area contributed by atoms with Crippen molar-refractivity contribution in [2.75, 3.05) is 6.54 Å². The van der Waals surface area contributed by atoms with Crippen molar-refractivity contribution < 1.29 is 4.52 Å². The SMILES string of the molecule is Cn1ccc(-c2nc([C@H]3C[C@@H](c4ccccc4)N4CCC[C@H]34)no2)n1. The Bertz CT molecular complexity index is 871. The Kier molecular flexibility index (Phi) is 3.45. The molecule has 5 rings (SSSR count). The lowest BCUT2D eigenvalue weighted by Crippen LogP contribution is -2.27. The van der Waals surface area contributed by atoms with Crippen molar-refractivity contribution >= 4 is 0 Å². The molecule has 2 saturated heterocycles. The van der Waals surface area contributed by atoms with Crippen LogP contribution >= 0.6 is 0 Å². The molecule has 25 heavy (non-hydrogen) atoms. The van der Waals surface area contributed by atoms with Crippen molar-refractivity contribution in [3.63, 3.8) is 0 Å². The van der Waals surface area contributed by atoms with Crippen molar-refractivity contribution in [3.8, 4) is 11.6 Å². The molecule has 0 radical (unpaired) electrons. The number of aryl methyl sites for hydroxylation is 1. The zero-order valence-electron chi connectivity index (χ0n) is 14.2. The minimum atomic E-state index is 0.328. The van der Waals surface area contributed by atoms with E-state index in [0.29, 0.717) is 23.9 Å². The molecule has 0 bridgehead atoms. The van der Waals surface area contributed by atoms with Crippen LogP contribution in [0.2, 0.25) is 0 Å². The van der Waals surface area contributed by atoms with Gasteiger partial charge in [0, 0.05) is 31.2 Å². The van der Waals surface area contributed by atoms with Gasteiger partial charge in [0.1, 0.15) is 0 Å². The van der Waals surface area contributed by atoms with Crippen LogP contribution in [0.1, 0.15) is 42.6 Å². The molecule has 0 N–H and O–H groups in total. The summed E-state index contributed by atoms with van der Waals surface area (Å²) in [4.78, 5) is 7.32. The normalized spacial score (nSPS) is 26.2. The van der Waals surface area contributed by atoms with Crippen LogP contribution in [0.3, 0.4) is 0 Å². The molecule has 2 aromatic heterocycles. The maximum atomic E-state index is 5.51. The summed E-state index contributed by atoms with van der Waals surface area (Å²) in [7, 11) is 1.89. The average Bonchev–Trinajstić information content (AvgIpc) is 3.39. The van der Waals surface area contributed by atoms with Crippen molar-refractivity contribution in [2.45, 2.75) is 37.3 Å². The molecule has 6 heteroatoms. The smallest absolute Gasteiger partial charge is 0.278 e. The first kappa shape index (κ1) is 14.8. The Balaban J connectivity index is 1.45. The fourth-order valence-electron chi connectivity index (χ4n) is 4.47. The lowest BCUT2D eigenvalue weighted by atomic mass is 9.94. The predicted octanol–water partition coefficient (Wildman–Crippen LogP) is 3.16. The quantitative estimate of drug-likeness (QED) is 0.736. The number of hydrogen-bond donors (Lipinski definition) is 0. The van der Waals surface area contributed by atoms with E-state index >= 15 is 0 Å². The highest BCUT2D eigenvalue weighted by Gasteiger charge is 2.46. The van der Waals surface area contributed by atoms with Gasteiger partial charge in [-0.3, -0.25) is 9.58 Å². The molecule has 128 valence electrons. The van der Waals surface area contributed by atoms with Gasteiger partial charge in [-0.05, 0) is 37.4 Å². The summed E-state index contributed by atoms with van der Waals surface area (Å²) in [5, 5.41) is 8.67. The lowest BCUT2D eigenvalue weighted by Gasteiger charge is -2.24. The summed E-state index contributed by atoms with van der Waals surface area (Å²) < 4.78 is 7.26. The first-order valence-electron chi connectivity index (χ1n) is 8.94. The molecule has 2 fully saturated rings. The monoisotopic (exact) mass is 335 g/mol. The van der Waals surface area contributed by atoms with Crippen molar-refractivity contribution in [1.82, 2.24) is 24.8 Å². The van der Waals surface area contributed by atoms with Crippen molar-refractivity contribution in [1.29, 1.82) is 0 Å². The van der Waals surface area contributed by atoms with Gasteiger partial charge in [-0.25, -0.2) is 0 Å². The van der Waals surface area contributed by atoms with Gasteiger partial charge in [0.05, 0.1) is 0 Å². The standard InChI is InChI=1S/C19H21N5O/c1-23-11-9-15(21-23)19-20-18(22-25-19)14-12-17(13-6-3-2-4-7-13)24-10-5-8-16(14)24/h2-4,6-7,9,11,14,16-17H,5,8,10,12H2,1H3/t14-,16+,17-/m0/s1. The Morgan fingerprint density at radius 3 is 2.84 bits per heavy atom. The van der Waals surface area contributed by atoms with E-state index in [1.807, 2.05) is 19.3 Å². The molecular weight excluding hydrogens is 314 g/mol. The highest BCUT2D eigenvalue weighted by molar-refractivity contribution is 5.45. The topological polar surface area (TPSA) is 60.0 Å². The highest BCUT2D eigenvalue weighted by Crippen LogP contribution is 2.48. The number of aromatic nitrogens is 4. The minimum absolute atomic E-state index is 0.328. The first-order chi connectivity index (χ1) is 12.3. The highest BCUT2D eigenvalue weighted by atomic mass is 16.5. The maximum Gasteiger partial charge on any atom is 0.278 e. The Hall–Kier alpha value is -2.47. The van der Waals surface area contributed by atoms with E-state index in [2.05, 4.69) is 50.5 Å². The van der Waals surface area contributed by atoms with Crippen LogP contribution in [0.15, 0.2) is 47.1 Å². The average molecular weight is 335 g/mol. The Morgan fingerprint density at radius 2 is 2.04 bits per heavy atom. The van der Waals surface area contributed by atoms with E-state index in [9.17, 15) is 0 Å². The van der Waals surface area contributed by atoms with Crippen LogP contribution in [0.5, 0.6) is 0 Å². The molecule has 2 aliphatic heterocycles. The number of benzene rings is 1. The molecule has 0 spiro atoms. The van der Waals surface area contributed by atoms with Crippen LogP contribution < -0.4 is 0 Å². The molecule has 0 aliphatic carbocycles. The summed E-state index contributed by atoms with van der Waals surface area (Å²) in [6.07, 6.45) is 5.39. The van der Waals surface area contributed by atoms with E-state index in [0.717, 1.165) is 24.5 Å². The third-order valence-corrected chi connectivity index (χ3v) is 5.57. The van der Waals surface area contributed by atoms with Crippen molar-refractivity contribution in [2.24, 2.45) is 7.05 Å². The molecule has 6 nitrogen and oxygen atoms in total. The molecule has 4 heterocycles. The minimum Gasteiger partial charge on any atom is -0.332 e. The number of hydrogen-bond acceptors (Lipinski definition) is 5. The van der Waals surface area contributed by atoms with Crippen LogP contribution in [-0.4, -0.2) is 37.4 Å². The summed E-state index contributed by atoms with van der Waals surface area (Å²) in [5.74, 6) is 1.67. The summed E-state index contributed by atoms with van der Waals surface area (Å²) in [5.41, 5.74) is 2.13. The molecule has 1 aromatic carbocycles. The van der Waals surface area contributed by atoms with E-state index < -0.39 is 0 Å². The van der Waals surface area contributed by atoms with Crippen LogP contribution in [0.4, 0.5) is 0 Å². The summed E-state index contributed by atoms with van der Waals surface area (Å²) in [6.45, 7) is 1.16. The number of nitrogens with zero attached hydrogens (tertiary/aromatic N) is 5. The number of rotatable bonds is 3. The lowest BCUT2D eigenvalue weighted by molar-refractivity contribution is 0.243.